The summed E-state index contributed by atoms with van der Waals surface area (Å²) in [5.74, 6) is 0.0303. The summed E-state index contributed by atoms with van der Waals surface area (Å²) in [5.41, 5.74) is 1.13. The Morgan fingerprint density at radius 3 is 2.57 bits per heavy atom. The second-order valence-corrected chi connectivity index (χ2v) is 7.58. The third-order valence-electron chi connectivity index (χ3n) is 2.80. The van der Waals surface area contributed by atoms with Crippen LogP contribution in [0, 0.1) is 6.92 Å². The molecule has 0 saturated carbocycles. The number of thiophene rings is 1. The Bertz CT molecular complexity index is 724. The van der Waals surface area contributed by atoms with Crippen LogP contribution in [0.1, 0.15) is 5.56 Å². The molecule has 1 aromatic heterocycles. The summed E-state index contributed by atoms with van der Waals surface area (Å²) in [7, 11) is -3.65. The van der Waals surface area contributed by atoms with E-state index in [2.05, 4.69) is 4.72 Å². The molecular weight excluding hydrogens is 338 g/mol. The van der Waals surface area contributed by atoms with Gasteiger partial charge in [0.1, 0.15) is 29.7 Å². The van der Waals surface area contributed by atoms with Gasteiger partial charge in [0.25, 0.3) is 10.0 Å². The minimum atomic E-state index is -3.65. The van der Waals surface area contributed by atoms with E-state index in [9.17, 15) is 13.2 Å². The van der Waals surface area contributed by atoms with Gasteiger partial charge in [0.15, 0.2) is 0 Å². The minimum absolute atomic E-state index is 0.0490. The number of benzene rings is 1. The standard InChI is InChI=1S/C15H17NO5S2/c1-12-4-6-13(7-5-12)20-8-9-21-14(17)11-16-23(18,19)15-3-2-10-22-15/h2-7,10,16H,8-9,11H2,1H3. The van der Waals surface area contributed by atoms with Gasteiger partial charge in [-0.15, -0.1) is 11.3 Å². The highest BCUT2D eigenvalue weighted by molar-refractivity contribution is 7.91. The van der Waals surface area contributed by atoms with E-state index in [-0.39, 0.29) is 17.4 Å². The number of hydrogen-bond acceptors (Lipinski definition) is 6. The second kappa shape index (κ2) is 8.09. The van der Waals surface area contributed by atoms with Crippen LogP contribution in [-0.4, -0.2) is 34.1 Å². The summed E-state index contributed by atoms with van der Waals surface area (Å²) in [6, 6.07) is 10.6. The van der Waals surface area contributed by atoms with Gasteiger partial charge in [-0.25, -0.2) is 8.42 Å². The Balaban J connectivity index is 1.66. The van der Waals surface area contributed by atoms with E-state index in [1.54, 1.807) is 11.4 Å². The fraction of sp³-hybridized carbons (Fsp3) is 0.267. The first-order valence-corrected chi connectivity index (χ1v) is 9.22. The quantitative estimate of drug-likeness (QED) is 0.578. The number of hydrogen-bond donors (Lipinski definition) is 1. The highest BCUT2D eigenvalue weighted by Crippen LogP contribution is 2.15. The third kappa shape index (κ3) is 5.66. The van der Waals surface area contributed by atoms with Crippen LogP contribution in [-0.2, 0) is 19.6 Å². The van der Waals surface area contributed by atoms with Gasteiger partial charge in [0, 0.05) is 0 Å². The molecule has 0 aliphatic heterocycles. The number of carbonyl (C=O) groups is 1. The zero-order valence-corrected chi connectivity index (χ0v) is 14.2. The van der Waals surface area contributed by atoms with E-state index in [1.165, 1.54) is 6.07 Å². The lowest BCUT2D eigenvalue weighted by Gasteiger charge is -2.08. The lowest BCUT2D eigenvalue weighted by molar-refractivity contribution is -0.142. The van der Waals surface area contributed by atoms with Gasteiger partial charge < -0.3 is 9.47 Å². The SMILES string of the molecule is Cc1ccc(OCCOC(=O)CNS(=O)(=O)c2cccs2)cc1. The molecule has 0 amide bonds. The number of sulfonamides is 1. The van der Waals surface area contributed by atoms with Crippen molar-refractivity contribution in [3.8, 4) is 5.75 Å². The highest BCUT2D eigenvalue weighted by atomic mass is 32.2. The first-order valence-electron chi connectivity index (χ1n) is 6.85. The molecule has 1 heterocycles. The van der Waals surface area contributed by atoms with Crippen molar-refractivity contribution in [1.82, 2.24) is 4.72 Å². The van der Waals surface area contributed by atoms with Crippen LogP contribution in [0.15, 0.2) is 46.0 Å². The molecule has 0 saturated heterocycles. The monoisotopic (exact) mass is 355 g/mol. The molecule has 2 rings (SSSR count). The van der Waals surface area contributed by atoms with E-state index in [4.69, 9.17) is 9.47 Å². The van der Waals surface area contributed by atoms with Gasteiger partial charge in [-0.2, -0.15) is 4.72 Å². The maximum atomic E-state index is 11.8. The number of carbonyl (C=O) groups excluding carboxylic acids is 1. The first-order chi connectivity index (χ1) is 11.0. The predicted octanol–water partition coefficient (Wildman–Crippen LogP) is 1.96. The van der Waals surface area contributed by atoms with Crippen molar-refractivity contribution in [3.63, 3.8) is 0 Å². The number of aryl methyl sites for hydroxylation is 1. The van der Waals surface area contributed by atoms with Crippen molar-refractivity contribution in [2.24, 2.45) is 0 Å². The summed E-state index contributed by atoms with van der Waals surface area (Å²) < 4.78 is 36.3. The molecule has 0 unspecified atom stereocenters. The lowest BCUT2D eigenvalue weighted by atomic mass is 10.2. The Hall–Kier alpha value is -1.90. The van der Waals surface area contributed by atoms with Gasteiger partial charge in [-0.05, 0) is 30.5 Å². The molecule has 0 atom stereocenters. The molecule has 124 valence electrons. The van der Waals surface area contributed by atoms with Crippen molar-refractivity contribution in [2.45, 2.75) is 11.1 Å². The van der Waals surface area contributed by atoms with Crippen LogP contribution in [0.2, 0.25) is 0 Å². The Morgan fingerprint density at radius 2 is 1.91 bits per heavy atom. The number of nitrogens with one attached hydrogen (secondary N) is 1. The molecule has 6 nitrogen and oxygen atoms in total. The fourth-order valence-corrected chi connectivity index (χ4v) is 3.65. The zero-order valence-electron chi connectivity index (χ0n) is 12.5. The summed E-state index contributed by atoms with van der Waals surface area (Å²) in [6.45, 7) is 1.81. The molecule has 0 bridgehead atoms. The molecule has 1 aromatic carbocycles. The van der Waals surface area contributed by atoms with Crippen LogP contribution in [0.4, 0.5) is 0 Å². The van der Waals surface area contributed by atoms with Gasteiger partial charge >= 0.3 is 5.97 Å². The van der Waals surface area contributed by atoms with Crippen LogP contribution < -0.4 is 9.46 Å². The summed E-state index contributed by atoms with van der Waals surface area (Å²) in [4.78, 5) is 11.5. The normalized spacial score (nSPS) is 11.2. The van der Waals surface area contributed by atoms with Gasteiger partial charge in [-0.3, -0.25) is 4.79 Å². The maximum Gasteiger partial charge on any atom is 0.321 e. The van der Waals surface area contributed by atoms with Crippen molar-refractivity contribution in [2.75, 3.05) is 19.8 Å². The molecule has 0 fully saturated rings. The van der Waals surface area contributed by atoms with Crippen LogP contribution in [0.25, 0.3) is 0 Å². The highest BCUT2D eigenvalue weighted by Gasteiger charge is 2.16. The lowest BCUT2D eigenvalue weighted by Crippen LogP contribution is -2.30. The first kappa shape index (κ1) is 17.5. The van der Waals surface area contributed by atoms with Crippen LogP contribution in [0.3, 0.4) is 0 Å². The summed E-state index contributed by atoms with van der Waals surface area (Å²) in [5, 5.41) is 1.65. The molecule has 0 spiro atoms. The van der Waals surface area contributed by atoms with Gasteiger partial charge in [0.2, 0.25) is 0 Å². The van der Waals surface area contributed by atoms with Crippen molar-refractivity contribution >= 4 is 27.3 Å². The molecule has 23 heavy (non-hydrogen) atoms. The minimum Gasteiger partial charge on any atom is -0.490 e. The number of ether oxygens (including phenoxy) is 2. The smallest absolute Gasteiger partial charge is 0.321 e. The zero-order chi connectivity index (χ0) is 16.7. The summed E-state index contributed by atoms with van der Waals surface area (Å²) in [6.07, 6.45) is 0. The van der Waals surface area contributed by atoms with E-state index in [0.29, 0.717) is 5.75 Å². The van der Waals surface area contributed by atoms with Crippen molar-refractivity contribution in [3.05, 3.63) is 47.3 Å². The third-order valence-corrected chi connectivity index (χ3v) is 5.60. The van der Waals surface area contributed by atoms with Gasteiger partial charge in [0.05, 0.1) is 0 Å². The average molecular weight is 355 g/mol. The van der Waals surface area contributed by atoms with E-state index >= 15 is 0 Å². The Labute approximate surface area is 139 Å². The maximum absolute atomic E-state index is 11.8. The van der Waals surface area contributed by atoms with E-state index in [0.717, 1.165) is 16.9 Å². The summed E-state index contributed by atoms with van der Waals surface area (Å²) >= 11 is 1.08. The van der Waals surface area contributed by atoms with E-state index in [1.807, 2.05) is 31.2 Å². The number of esters is 1. The average Bonchev–Trinajstić information content (AvgIpc) is 3.07. The molecule has 0 radical (unpaired) electrons. The molecule has 1 N–H and O–H groups in total. The topological polar surface area (TPSA) is 81.7 Å². The molecule has 0 aliphatic carbocycles. The molecule has 0 aliphatic rings. The van der Waals surface area contributed by atoms with Crippen LogP contribution >= 0.6 is 11.3 Å². The molecular formula is C15H17NO5S2. The largest absolute Gasteiger partial charge is 0.490 e. The van der Waals surface area contributed by atoms with Gasteiger partial charge in [-0.1, -0.05) is 23.8 Å². The predicted molar refractivity (Wildman–Crippen MR) is 87.1 cm³/mol. The Morgan fingerprint density at radius 1 is 1.17 bits per heavy atom. The second-order valence-electron chi connectivity index (χ2n) is 4.64. The Kier molecular flexibility index (Phi) is 6.14. The number of rotatable bonds is 8. The fourth-order valence-electron chi connectivity index (χ4n) is 1.64. The molecule has 8 heteroatoms. The molecule has 2 aromatic rings. The van der Waals surface area contributed by atoms with Crippen LogP contribution in [0.5, 0.6) is 5.75 Å². The van der Waals surface area contributed by atoms with Crippen molar-refractivity contribution in [1.29, 1.82) is 0 Å². The van der Waals surface area contributed by atoms with E-state index < -0.39 is 22.5 Å². The van der Waals surface area contributed by atoms with Crippen molar-refractivity contribution < 1.29 is 22.7 Å².